The first kappa shape index (κ1) is 7.10. The normalized spacial score (nSPS) is 20.7. The molecular weight excluding hydrogens is 134 g/mol. The third-order valence-corrected chi connectivity index (χ3v) is 2.21. The first-order valence-electron chi connectivity index (χ1n) is 3.41. The molecule has 0 saturated heterocycles. The average molecular weight is 146 g/mol. The quantitative estimate of drug-likeness (QED) is 0.600. The predicted molar refractivity (Wildman–Crippen MR) is 40.4 cm³/mol. The van der Waals surface area contributed by atoms with Crippen LogP contribution in [0.15, 0.2) is 10.6 Å². The molecule has 9 heavy (non-hydrogen) atoms. The van der Waals surface area contributed by atoms with Gasteiger partial charge in [0.15, 0.2) is 0 Å². The Kier molecular flexibility index (Phi) is 2.55. The van der Waals surface area contributed by atoms with E-state index in [4.69, 9.17) is 17.3 Å². The maximum atomic E-state index is 5.88. The Bertz CT molecular complexity index is 129. The zero-order valence-corrected chi connectivity index (χ0v) is 6.25. The SMILES string of the molecule is NCC1=C(Cl)CCCC1. The van der Waals surface area contributed by atoms with Crippen molar-refractivity contribution < 1.29 is 0 Å². The van der Waals surface area contributed by atoms with Crippen molar-refractivity contribution in [3.63, 3.8) is 0 Å². The zero-order valence-electron chi connectivity index (χ0n) is 5.49. The first-order chi connectivity index (χ1) is 4.34. The molecule has 0 radical (unpaired) electrons. The number of halogens is 1. The molecule has 0 bridgehead atoms. The number of rotatable bonds is 1. The fourth-order valence-electron chi connectivity index (χ4n) is 1.14. The van der Waals surface area contributed by atoms with Crippen LogP contribution in [0.4, 0.5) is 0 Å². The maximum absolute atomic E-state index is 5.88. The second-order valence-electron chi connectivity index (χ2n) is 2.42. The summed E-state index contributed by atoms with van der Waals surface area (Å²) in [6, 6.07) is 0. The maximum Gasteiger partial charge on any atom is 0.0185 e. The smallest absolute Gasteiger partial charge is 0.0185 e. The molecule has 0 amide bonds. The molecule has 1 aliphatic carbocycles. The van der Waals surface area contributed by atoms with Crippen LogP contribution in [-0.4, -0.2) is 6.54 Å². The first-order valence-corrected chi connectivity index (χ1v) is 3.79. The van der Waals surface area contributed by atoms with Gasteiger partial charge in [0.05, 0.1) is 0 Å². The molecule has 1 aliphatic rings. The molecule has 0 spiro atoms. The van der Waals surface area contributed by atoms with E-state index in [2.05, 4.69) is 0 Å². The average Bonchev–Trinajstić information content (AvgIpc) is 1.89. The van der Waals surface area contributed by atoms with Crippen LogP contribution in [0, 0.1) is 0 Å². The Morgan fingerprint density at radius 2 is 2.00 bits per heavy atom. The van der Waals surface area contributed by atoms with Gasteiger partial charge < -0.3 is 5.73 Å². The summed E-state index contributed by atoms with van der Waals surface area (Å²) in [5, 5.41) is 1.02. The van der Waals surface area contributed by atoms with Gasteiger partial charge in [0.1, 0.15) is 0 Å². The molecule has 1 nitrogen and oxygen atoms in total. The Hall–Kier alpha value is -0.0100. The molecule has 0 aliphatic heterocycles. The lowest BCUT2D eigenvalue weighted by molar-refractivity contribution is 0.682. The van der Waals surface area contributed by atoms with Crippen LogP contribution in [-0.2, 0) is 0 Å². The number of hydrogen-bond donors (Lipinski definition) is 1. The van der Waals surface area contributed by atoms with Crippen LogP contribution in [0.3, 0.4) is 0 Å². The van der Waals surface area contributed by atoms with Crippen LogP contribution in [0.2, 0.25) is 0 Å². The van der Waals surface area contributed by atoms with Gasteiger partial charge in [-0.25, -0.2) is 0 Å². The van der Waals surface area contributed by atoms with Gasteiger partial charge in [0.2, 0.25) is 0 Å². The van der Waals surface area contributed by atoms with Gasteiger partial charge in [-0.15, -0.1) is 0 Å². The van der Waals surface area contributed by atoms with E-state index < -0.39 is 0 Å². The van der Waals surface area contributed by atoms with E-state index >= 15 is 0 Å². The van der Waals surface area contributed by atoms with Gasteiger partial charge in [-0.1, -0.05) is 11.6 Å². The van der Waals surface area contributed by atoms with Gasteiger partial charge in [-0.05, 0) is 31.3 Å². The minimum atomic E-state index is 0.652. The predicted octanol–water partition coefficient (Wildman–Crippen LogP) is 2.01. The van der Waals surface area contributed by atoms with Gasteiger partial charge in [0.25, 0.3) is 0 Å². The Balaban J connectivity index is 2.59. The molecule has 0 saturated carbocycles. The minimum absolute atomic E-state index is 0.652. The van der Waals surface area contributed by atoms with Crippen LogP contribution in [0.5, 0.6) is 0 Å². The Morgan fingerprint density at radius 1 is 1.33 bits per heavy atom. The van der Waals surface area contributed by atoms with Crippen molar-refractivity contribution in [2.45, 2.75) is 25.7 Å². The van der Waals surface area contributed by atoms with Gasteiger partial charge in [-0.3, -0.25) is 0 Å². The highest BCUT2D eigenvalue weighted by Gasteiger charge is 2.07. The molecule has 1 rings (SSSR count). The fraction of sp³-hybridized carbons (Fsp3) is 0.714. The lowest BCUT2D eigenvalue weighted by Gasteiger charge is -2.13. The van der Waals surface area contributed by atoms with Crippen molar-refractivity contribution in [3.05, 3.63) is 10.6 Å². The van der Waals surface area contributed by atoms with E-state index in [1.807, 2.05) is 0 Å². The molecule has 0 aromatic heterocycles. The number of nitrogens with two attached hydrogens (primary N) is 1. The molecule has 0 atom stereocenters. The molecule has 2 heteroatoms. The molecular formula is C7H12ClN. The summed E-state index contributed by atoms with van der Waals surface area (Å²) >= 11 is 5.88. The molecule has 0 aromatic rings. The fourth-order valence-corrected chi connectivity index (χ4v) is 1.45. The molecule has 0 aromatic carbocycles. The van der Waals surface area contributed by atoms with Gasteiger partial charge in [-0.2, -0.15) is 0 Å². The van der Waals surface area contributed by atoms with Crippen molar-refractivity contribution >= 4 is 11.6 Å². The van der Waals surface area contributed by atoms with Crippen molar-refractivity contribution in [3.8, 4) is 0 Å². The summed E-state index contributed by atoms with van der Waals surface area (Å²) in [5.74, 6) is 0. The van der Waals surface area contributed by atoms with Crippen LogP contribution in [0.1, 0.15) is 25.7 Å². The highest BCUT2D eigenvalue weighted by atomic mass is 35.5. The monoisotopic (exact) mass is 145 g/mol. The second kappa shape index (κ2) is 3.23. The summed E-state index contributed by atoms with van der Waals surface area (Å²) < 4.78 is 0. The van der Waals surface area contributed by atoms with Crippen LogP contribution < -0.4 is 5.73 Å². The van der Waals surface area contributed by atoms with Crippen molar-refractivity contribution in [2.75, 3.05) is 6.54 Å². The molecule has 0 fully saturated rings. The summed E-state index contributed by atoms with van der Waals surface area (Å²) in [4.78, 5) is 0. The number of hydrogen-bond acceptors (Lipinski definition) is 1. The summed E-state index contributed by atoms with van der Waals surface area (Å²) in [6.07, 6.45) is 4.68. The van der Waals surface area contributed by atoms with Crippen LogP contribution >= 0.6 is 11.6 Å². The van der Waals surface area contributed by atoms with E-state index in [1.54, 1.807) is 0 Å². The van der Waals surface area contributed by atoms with E-state index in [0.717, 1.165) is 17.9 Å². The third kappa shape index (κ3) is 1.70. The summed E-state index contributed by atoms with van der Waals surface area (Å²) in [5.41, 5.74) is 6.72. The Labute approximate surface area is 60.9 Å². The highest BCUT2D eigenvalue weighted by Crippen LogP contribution is 2.26. The minimum Gasteiger partial charge on any atom is -0.327 e. The standard InChI is InChI=1S/C7H12ClN/c8-7-4-2-1-3-6(7)5-9/h1-5,9H2. The van der Waals surface area contributed by atoms with E-state index in [9.17, 15) is 0 Å². The Morgan fingerprint density at radius 3 is 2.44 bits per heavy atom. The molecule has 0 heterocycles. The lowest BCUT2D eigenvalue weighted by atomic mass is 10.00. The highest BCUT2D eigenvalue weighted by molar-refractivity contribution is 6.30. The lowest BCUT2D eigenvalue weighted by Crippen LogP contribution is -2.07. The third-order valence-electron chi connectivity index (χ3n) is 1.75. The molecule has 2 N–H and O–H groups in total. The zero-order chi connectivity index (χ0) is 6.69. The topological polar surface area (TPSA) is 26.0 Å². The second-order valence-corrected chi connectivity index (χ2v) is 2.88. The van der Waals surface area contributed by atoms with Gasteiger partial charge >= 0.3 is 0 Å². The molecule has 0 unspecified atom stereocenters. The largest absolute Gasteiger partial charge is 0.327 e. The van der Waals surface area contributed by atoms with E-state index in [-0.39, 0.29) is 0 Å². The summed E-state index contributed by atoms with van der Waals surface area (Å²) in [7, 11) is 0. The van der Waals surface area contributed by atoms with Crippen molar-refractivity contribution in [1.82, 2.24) is 0 Å². The van der Waals surface area contributed by atoms with Crippen LogP contribution in [0.25, 0.3) is 0 Å². The summed E-state index contributed by atoms with van der Waals surface area (Å²) in [6.45, 7) is 0.652. The van der Waals surface area contributed by atoms with Crippen molar-refractivity contribution in [1.29, 1.82) is 0 Å². The van der Waals surface area contributed by atoms with Gasteiger partial charge in [0, 0.05) is 11.6 Å². The van der Waals surface area contributed by atoms with E-state index in [1.165, 1.54) is 18.4 Å². The van der Waals surface area contributed by atoms with E-state index in [0.29, 0.717) is 6.54 Å². The number of allylic oxidation sites excluding steroid dienone is 1. The molecule has 52 valence electrons. The van der Waals surface area contributed by atoms with Crippen molar-refractivity contribution in [2.24, 2.45) is 5.73 Å².